The summed E-state index contributed by atoms with van der Waals surface area (Å²) in [5.41, 5.74) is 1.02. The van der Waals surface area contributed by atoms with E-state index >= 15 is 0 Å². The Morgan fingerprint density at radius 1 is 1.42 bits per heavy atom. The molecule has 0 aliphatic heterocycles. The van der Waals surface area contributed by atoms with E-state index in [1.807, 2.05) is 19.3 Å². The molecule has 0 amide bonds. The number of fused-ring (bicyclic) bond motifs is 1. The average Bonchev–Trinajstić information content (AvgIpc) is 2.99. The number of hydrogen-bond donors (Lipinski definition) is 0. The zero-order valence-corrected chi connectivity index (χ0v) is 11.6. The van der Waals surface area contributed by atoms with E-state index in [4.69, 9.17) is 0 Å². The number of aromatic nitrogens is 4. The highest BCUT2D eigenvalue weighted by Crippen LogP contribution is 2.21. The van der Waals surface area contributed by atoms with Gasteiger partial charge in [0.1, 0.15) is 4.83 Å². The summed E-state index contributed by atoms with van der Waals surface area (Å²) in [7, 11) is 1.86. The first kappa shape index (κ1) is 12.1. The summed E-state index contributed by atoms with van der Waals surface area (Å²) in [5, 5.41) is 4.82. The van der Waals surface area contributed by atoms with Gasteiger partial charge in [0.05, 0.1) is 24.5 Å². The highest BCUT2D eigenvalue weighted by Gasteiger charge is 2.09. The van der Waals surface area contributed by atoms with Crippen molar-refractivity contribution in [3.8, 4) is 0 Å². The largest absolute Gasteiger partial charge is 0.294 e. The highest BCUT2D eigenvalue weighted by molar-refractivity contribution is 7.18. The van der Waals surface area contributed by atoms with Crippen LogP contribution in [-0.2, 0) is 20.0 Å². The first-order chi connectivity index (χ1) is 9.17. The van der Waals surface area contributed by atoms with E-state index < -0.39 is 0 Å². The molecule has 0 spiro atoms. The molecule has 0 N–H and O–H groups in total. The number of aryl methyl sites for hydroxylation is 2. The Morgan fingerprint density at radius 3 is 2.95 bits per heavy atom. The Bertz CT molecular complexity index is 783. The van der Waals surface area contributed by atoms with Crippen molar-refractivity contribution in [3.63, 3.8) is 0 Å². The lowest BCUT2D eigenvalue weighted by Gasteiger charge is -2.02. The van der Waals surface area contributed by atoms with E-state index in [1.54, 1.807) is 33.1 Å². The molecular formula is C13H14N4OS. The predicted octanol–water partition coefficient (Wildman–Crippen LogP) is 1.80. The summed E-state index contributed by atoms with van der Waals surface area (Å²) in [6.45, 7) is 2.59. The minimum absolute atomic E-state index is 0.0183. The van der Waals surface area contributed by atoms with Gasteiger partial charge in [-0.3, -0.25) is 14.0 Å². The molecule has 0 bridgehead atoms. The molecule has 0 fully saturated rings. The van der Waals surface area contributed by atoms with Crippen LogP contribution < -0.4 is 5.56 Å². The SMILES string of the molecule is CCc1cc2c(=O)n(Cc3cnn(C)c3)cnc2s1. The van der Waals surface area contributed by atoms with Gasteiger partial charge < -0.3 is 0 Å². The second-order valence-electron chi connectivity index (χ2n) is 4.48. The standard InChI is InChI=1S/C13H14N4OS/c1-3-10-4-11-12(19-10)14-8-17(13(11)18)7-9-5-15-16(2)6-9/h4-6,8H,3,7H2,1-2H3. The average molecular weight is 274 g/mol. The van der Waals surface area contributed by atoms with Gasteiger partial charge in [0.2, 0.25) is 0 Å². The maximum Gasteiger partial charge on any atom is 0.262 e. The van der Waals surface area contributed by atoms with Crippen LogP contribution in [0.15, 0.2) is 29.6 Å². The minimum atomic E-state index is 0.0183. The lowest BCUT2D eigenvalue weighted by atomic mass is 10.3. The normalized spacial score (nSPS) is 11.3. The molecule has 5 nitrogen and oxygen atoms in total. The van der Waals surface area contributed by atoms with Gasteiger partial charge in [0, 0.05) is 23.7 Å². The molecule has 19 heavy (non-hydrogen) atoms. The Morgan fingerprint density at radius 2 is 2.26 bits per heavy atom. The molecule has 3 rings (SSSR count). The van der Waals surface area contributed by atoms with Crippen molar-refractivity contribution < 1.29 is 0 Å². The molecule has 0 saturated heterocycles. The van der Waals surface area contributed by atoms with E-state index in [0.29, 0.717) is 11.9 Å². The Balaban J connectivity index is 2.04. The fraction of sp³-hybridized carbons (Fsp3) is 0.308. The van der Waals surface area contributed by atoms with Crippen LogP contribution in [0.4, 0.5) is 0 Å². The van der Waals surface area contributed by atoms with E-state index in [9.17, 15) is 4.79 Å². The third kappa shape index (κ3) is 2.19. The van der Waals surface area contributed by atoms with Crippen molar-refractivity contribution in [2.75, 3.05) is 0 Å². The smallest absolute Gasteiger partial charge is 0.262 e. The van der Waals surface area contributed by atoms with Crippen molar-refractivity contribution in [2.45, 2.75) is 19.9 Å². The summed E-state index contributed by atoms with van der Waals surface area (Å²) < 4.78 is 3.36. The summed E-state index contributed by atoms with van der Waals surface area (Å²) in [6.07, 6.45) is 6.22. The maximum atomic E-state index is 12.4. The van der Waals surface area contributed by atoms with Crippen molar-refractivity contribution in [2.24, 2.45) is 7.05 Å². The van der Waals surface area contributed by atoms with Crippen molar-refractivity contribution in [1.29, 1.82) is 0 Å². The second kappa shape index (κ2) is 4.62. The monoisotopic (exact) mass is 274 g/mol. The van der Waals surface area contributed by atoms with Gasteiger partial charge in [-0.05, 0) is 12.5 Å². The molecule has 3 heterocycles. The Kier molecular flexibility index (Phi) is 2.94. The summed E-state index contributed by atoms with van der Waals surface area (Å²) in [5.74, 6) is 0. The van der Waals surface area contributed by atoms with Crippen LogP contribution in [0.25, 0.3) is 10.2 Å². The number of rotatable bonds is 3. The van der Waals surface area contributed by atoms with E-state index in [-0.39, 0.29) is 5.56 Å². The predicted molar refractivity (Wildman–Crippen MR) is 75.6 cm³/mol. The lowest BCUT2D eigenvalue weighted by molar-refractivity contribution is 0.742. The van der Waals surface area contributed by atoms with Gasteiger partial charge in [-0.15, -0.1) is 11.3 Å². The summed E-state index contributed by atoms with van der Waals surface area (Å²) in [6, 6.07) is 1.95. The van der Waals surface area contributed by atoms with Crippen LogP contribution in [0.1, 0.15) is 17.4 Å². The van der Waals surface area contributed by atoms with Gasteiger partial charge in [-0.2, -0.15) is 5.10 Å². The van der Waals surface area contributed by atoms with E-state index in [2.05, 4.69) is 17.0 Å². The van der Waals surface area contributed by atoms with Crippen LogP contribution in [0, 0.1) is 0 Å². The van der Waals surface area contributed by atoms with E-state index in [1.165, 1.54) is 4.88 Å². The van der Waals surface area contributed by atoms with Crippen LogP contribution >= 0.6 is 11.3 Å². The van der Waals surface area contributed by atoms with Crippen molar-refractivity contribution in [1.82, 2.24) is 19.3 Å². The van der Waals surface area contributed by atoms with Crippen LogP contribution in [-0.4, -0.2) is 19.3 Å². The zero-order valence-electron chi connectivity index (χ0n) is 10.8. The Hall–Kier alpha value is -1.95. The molecule has 0 aromatic carbocycles. The maximum absolute atomic E-state index is 12.4. The summed E-state index contributed by atoms with van der Waals surface area (Å²) >= 11 is 1.59. The summed E-state index contributed by atoms with van der Waals surface area (Å²) in [4.78, 5) is 18.8. The first-order valence-electron chi connectivity index (χ1n) is 6.12. The molecule has 6 heteroatoms. The molecule has 0 radical (unpaired) electrons. The molecule has 3 aromatic heterocycles. The zero-order chi connectivity index (χ0) is 13.4. The molecule has 98 valence electrons. The second-order valence-corrected chi connectivity index (χ2v) is 5.60. The topological polar surface area (TPSA) is 52.7 Å². The highest BCUT2D eigenvalue weighted by atomic mass is 32.1. The Labute approximate surface area is 114 Å². The lowest BCUT2D eigenvalue weighted by Crippen LogP contribution is -2.20. The molecular weight excluding hydrogens is 260 g/mol. The van der Waals surface area contributed by atoms with Crippen molar-refractivity contribution >= 4 is 21.6 Å². The number of hydrogen-bond acceptors (Lipinski definition) is 4. The molecule has 0 saturated carbocycles. The fourth-order valence-electron chi connectivity index (χ4n) is 2.05. The molecule has 0 atom stereocenters. The van der Waals surface area contributed by atoms with Gasteiger partial charge in [0.15, 0.2) is 0 Å². The third-order valence-corrected chi connectivity index (χ3v) is 4.22. The molecule has 0 aliphatic carbocycles. The van der Waals surface area contributed by atoms with Crippen LogP contribution in [0.5, 0.6) is 0 Å². The van der Waals surface area contributed by atoms with Gasteiger partial charge in [-0.1, -0.05) is 6.92 Å². The molecule has 0 unspecified atom stereocenters. The molecule has 3 aromatic rings. The van der Waals surface area contributed by atoms with Gasteiger partial charge in [-0.25, -0.2) is 4.98 Å². The van der Waals surface area contributed by atoms with Gasteiger partial charge in [0.25, 0.3) is 5.56 Å². The fourth-order valence-corrected chi connectivity index (χ4v) is 2.97. The van der Waals surface area contributed by atoms with Crippen LogP contribution in [0.2, 0.25) is 0 Å². The number of nitrogens with zero attached hydrogens (tertiary/aromatic N) is 4. The van der Waals surface area contributed by atoms with Crippen LogP contribution in [0.3, 0.4) is 0 Å². The number of thiophene rings is 1. The van der Waals surface area contributed by atoms with Crippen molar-refractivity contribution in [3.05, 3.63) is 45.6 Å². The van der Waals surface area contributed by atoms with E-state index in [0.717, 1.165) is 16.8 Å². The minimum Gasteiger partial charge on any atom is -0.294 e. The first-order valence-corrected chi connectivity index (χ1v) is 6.94. The molecule has 0 aliphatic rings. The van der Waals surface area contributed by atoms with Gasteiger partial charge >= 0.3 is 0 Å². The quantitative estimate of drug-likeness (QED) is 0.732. The third-order valence-electron chi connectivity index (χ3n) is 3.03.